The molecule has 2 N–H and O–H groups in total. The lowest BCUT2D eigenvalue weighted by atomic mass is 9.80. The molecule has 0 amide bonds. The van der Waals surface area contributed by atoms with E-state index in [1.165, 1.54) is 13.2 Å². The molecule has 98 valence electrons. The van der Waals surface area contributed by atoms with Crippen LogP contribution in [0.25, 0.3) is 0 Å². The van der Waals surface area contributed by atoms with Gasteiger partial charge in [-0.15, -0.1) is 0 Å². The summed E-state index contributed by atoms with van der Waals surface area (Å²) in [5.41, 5.74) is 1.29. The summed E-state index contributed by atoms with van der Waals surface area (Å²) < 4.78 is 10.8. The summed E-state index contributed by atoms with van der Waals surface area (Å²) in [7, 11) is -0.0268. The molecule has 0 saturated heterocycles. The van der Waals surface area contributed by atoms with Gasteiger partial charge in [-0.25, -0.2) is 0 Å². The zero-order valence-corrected chi connectivity index (χ0v) is 10.5. The number of hydrogen-bond donors (Lipinski definition) is 2. The minimum atomic E-state index is -1.53. The highest BCUT2D eigenvalue weighted by Crippen LogP contribution is 2.26. The van der Waals surface area contributed by atoms with Gasteiger partial charge in [0.05, 0.1) is 7.11 Å². The maximum Gasteiger partial charge on any atom is 0.488 e. The van der Waals surface area contributed by atoms with Crippen LogP contribution in [0.5, 0.6) is 11.5 Å². The Kier molecular flexibility index (Phi) is 4.38. The average Bonchev–Trinajstić information content (AvgIpc) is 2.45. The van der Waals surface area contributed by atoms with Crippen LogP contribution in [0.2, 0.25) is 0 Å². The van der Waals surface area contributed by atoms with Gasteiger partial charge < -0.3 is 19.5 Å². The van der Waals surface area contributed by atoms with Crippen molar-refractivity contribution in [2.24, 2.45) is 0 Å². The van der Waals surface area contributed by atoms with Crippen LogP contribution < -0.4 is 14.9 Å². The molecule has 1 aromatic carbocycles. The van der Waals surface area contributed by atoms with Gasteiger partial charge in [0, 0.05) is 18.0 Å². The van der Waals surface area contributed by atoms with Gasteiger partial charge in [0.2, 0.25) is 0 Å². The van der Waals surface area contributed by atoms with Crippen LogP contribution in [0.4, 0.5) is 0 Å². The molecule has 2 aromatic rings. The molecule has 1 heterocycles. The first-order chi connectivity index (χ1) is 9.20. The highest BCUT2D eigenvalue weighted by molar-refractivity contribution is 6.58. The molecular formula is C13H14BNO4. The zero-order chi connectivity index (χ0) is 13.7. The molecule has 19 heavy (non-hydrogen) atoms. The van der Waals surface area contributed by atoms with Crippen LogP contribution in [-0.2, 0) is 6.61 Å². The van der Waals surface area contributed by atoms with Crippen molar-refractivity contribution in [2.75, 3.05) is 7.11 Å². The Labute approximate surface area is 111 Å². The van der Waals surface area contributed by atoms with E-state index >= 15 is 0 Å². The van der Waals surface area contributed by atoms with Gasteiger partial charge in [-0.3, -0.25) is 4.98 Å². The minimum Gasteiger partial charge on any atom is -0.493 e. The number of ether oxygens (including phenoxy) is 2. The molecule has 0 aliphatic rings. The Morgan fingerprint density at radius 1 is 1.21 bits per heavy atom. The van der Waals surface area contributed by atoms with Crippen LogP contribution in [0.3, 0.4) is 0 Å². The summed E-state index contributed by atoms with van der Waals surface area (Å²) >= 11 is 0. The molecule has 2 rings (SSSR count). The number of hydrogen-bond acceptors (Lipinski definition) is 5. The monoisotopic (exact) mass is 259 g/mol. The standard InChI is InChI=1S/C13H14BNO4/c1-18-13-7-11(14(16)17)4-5-12(13)19-9-10-3-2-6-15-8-10/h2-8,16-17H,9H2,1H3. The largest absolute Gasteiger partial charge is 0.493 e. The third-order valence-corrected chi connectivity index (χ3v) is 2.60. The Morgan fingerprint density at radius 2 is 2.05 bits per heavy atom. The van der Waals surface area contributed by atoms with Gasteiger partial charge in [-0.1, -0.05) is 12.1 Å². The first kappa shape index (κ1) is 13.4. The topological polar surface area (TPSA) is 71.8 Å². The number of methoxy groups -OCH3 is 1. The molecule has 0 aliphatic heterocycles. The predicted octanol–water partition coefficient (Wildman–Crippen LogP) is 0.349. The van der Waals surface area contributed by atoms with Crippen molar-refractivity contribution in [3.05, 3.63) is 48.3 Å². The second kappa shape index (κ2) is 6.22. The number of pyridine rings is 1. The van der Waals surface area contributed by atoms with Crippen molar-refractivity contribution < 1.29 is 19.5 Å². The molecule has 0 radical (unpaired) electrons. The molecule has 0 saturated carbocycles. The lowest BCUT2D eigenvalue weighted by molar-refractivity contribution is 0.284. The first-order valence-electron chi connectivity index (χ1n) is 5.76. The normalized spacial score (nSPS) is 10.1. The number of rotatable bonds is 5. The van der Waals surface area contributed by atoms with E-state index < -0.39 is 7.12 Å². The number of aromatic nitrogens is 1. The lowest BCUT2D eigenvalue weighted by Gasteiger charge is -2.12. The number of nitrogens with zero attached hydrogens (tertiary/aromatic N) is 1. The molecule has 0 unspecified atom stereocenters. The van der Waals surface area contributed by atoms with Crippen LogP contribution in [-0.4, -0.2) is 29.3 Å². The van der Waals surface area contributed by atoms with Crippen molar-refractivity contribution in [3.8, 4) is 11.5 Å². The van der Waals surface area contributed by atoms with Crippen LogP contribution in [0.15, 0.2) is 42.7 Å². The second-order valence-corrected chi connectivity index (χ2v) is 3.93. The fraction of sp³-hybridized carbons (Fsp3) is 0.154. The SMILES string of the molecule is COc1cc(B(O)O)ccc1OCc1cccnc1. The van der Waals surface area contributed by atoms with Crippen LogP contribution >= 0.6 is 0 Å². The minimum absolute atomic E-state index is 0.352. The highest BCUT2D eigenvalue weighted by Gasteiger charge is 2.14. The maximum atomic E-state index is 9.09. The van der Waals surface area contributed by atoms with E-state index in [2.05, 4.69) is 4.98 Å². The van der Waals surface area contributed by atoms with E-state index in [4.69, 9.17) is 19.5 Å². The van der Waals surface area contributed by atoms with Gasteiger partial charge in [0.1, 0.15) is 6.61 Å². The molecule has 5 nitrogen and oxygen atoms in total. The Balaban J connectivity index is 2.12. The van der Waals surface area contributed by atoms with E-state index in [-0.39, 0.29) is 0 Å². The van der Waals surface area contributed by atoms with E-state index in [1.54, 1.807) is 24.5 Å². The van der Waals surface area contributed by atoms with Crippen molar-refractivity contribution in [3.63, 3.8) is 0 Å². The summed E-state index contributed by atoms with van der Waals surface area (Å²) in [4.78, 5) is 4.00. The lowest BCUT2D eigenvalue weighted by Crippen LogP contribution is -2.29. The van der Waals surface area contributed by atoms with Crippen molar-refractivity contribution in [1.82, 2.24) is 4.98 Å². The average molecular weight is 259 g/mol. The van der Waals surface area contributed by atoms with Gasteiger partial charge in [-0.2, -0.15) is 0 Å². The predicted molar refractivity (Wildman–Crippen MR) is 71.4 cm³/mol. The quantitative estimate of drug-likeness (QED) is 0.758. The molecular weight excluding hydrogens is 245 g/mol. The van der Waals surface area contributed by atoms with E-state index in [1.807, 2.05) is 12.1 Å². The summed E-state index contributed by atoms with van der Waals surface area (Å²) in [5, 5.41) is 18.2. The summed E-state index contributed by atoms with van der Waals surface area (Å²) in [6.45, 7) is 0.366. The molecule has 0 bridgehead atoms. The fourth-order valence-corrected chi connectivity index (χ4v) is 1.61. The van der Waals surface area contributed by atoms with Gasteiger partial charge in [0.15, 0.2) is 11.5 Å². The number of benzene rings is 1. The van der Waals surface area contributed by atoms with E-state index in [0.717, 1.165) is 5.56 Å². The third-order valence-electron chi connectivity index (χ3n) is 2.60. The second-order valence-electron chi connectivity index (χ2n) is 3.93. The van der Waals surface area contributed by atoms with Gasteiger partial charge >= 0.3 is 7.12 Å². The maximum absolute atomic E-state index is 9.09. The van der Waals surface area contributed by atoms with Crippen molar-refractivity contribution >= 4 is 12.6 Å². The molecule has 1 aromatic heterocycles. The molecule has 0 aliphatic carbocycles. The Bertz CT molecular complexity index is 533. The summed E-state index contributed by atoms with van der Waals surface area (Å²) in [6, 6.07) is 8.49. The summed E-state index contributed by atoms with van der Waals surface area (Å²) in [5.74, 6) is 0.991. The highest BCUT2D eigenvalue weighted by atomic mass is 16.5. The first-order valence-corrected chi connectivity index (χ1v) is 5.76. The molecule has 0 fully saturated rings. The van der Waals surface area contributed by atoms with Crippen LogP contribution in [0.1, 0.15) is 5.56 Å². The molecule has 0 atom stereocenters. The zero-order valence-electron chi connectivity index (χ0n) is 10.5. The van der Waals surface area contributed by atoms with Gasteiger partial charge in [0.25, 0.3) is 0 Å². The van der Waals surface area contributed by atoms with E-state index in [0.29, 0.717) is 23.6 Å². The molecule has 6 heteroatoms. The van der Waals surface area contributed by atoms with Crippen molar-refractivity contribution in [1.29, 1.82) is 0 Å². The van der Waals surface area contributed by atoms with Crippen LogP contribution in [0, 0.1) is 0 Å². The Morgan fingerprint density at radius 3 is 2.68 bits per heavy atom. The summed E-state index contributed by atoms with van der Waals surface area (Å²) in [6.07, 6.45) is 3.42. The Hall–Kier alpha value is -2.05. The van der Waals surface area contributed by atoms with E-state index in [9.17, 15) is 0 Å². The third kappa shape index (κ3) is 3.46. The van der Waals surface area contributed by atoms with Gasteiger partial charge in [-0.05, 0) is 23.7 Å². The smallest absolute Gasteiger partial charge is 0.488 e. The van der Waals surface area contributed by atoms with Crippen molar-refractivity contribution in [2.45, 2.75) is 6.61 Å². The molecule has 0 spiro atoms. The fourth-order valence-electron chi connectivity index (χ4n) is 1.61.